The smallest absolute Gasteiger partial charge is 0.299 e. The van der Waals surface area contributed by atoms with Crippen molar-refractivity contribution in [3.63, 3.8) is 0 Å². The first-order valence-electron chi connectivity index (χ1n) is 7.11. The third-order valence-electron chi connectivity index (χ3n) is 3.54. The molecule has 1 aliphatic heterocycles. The summed E-state index contributed by atoms with van der Waals surface area (Å²) in [5, 5.41) is 3.16. The number of hydrogen-bond acceptors (Lipinski definition) is 5. The van der Waals surface area contributed by atoms with Crippen molar-refractivity contribution < 1.29 is 4.42 Å². The van der Waals surface area contributed by atoms with E-state index in [4.69, 9.17) is 10.2 Å². The largest absolute Gasteiger partial charge is 0.432 e. The van der Waals surface area contributed by atoms with Crippen molar-refractivity contribution in [1.82, 2.24) is 4.98 Å². The Morgan fingerprint density at radius 1 is 1.20 bits per heavy atom. The van der Waals surface area contributed by atoms with Gasteiger partial charge in [-0.15, -0.1) is 0 Å². The fraction of sp³-hybridized carbons (Fsp3) is 0.400. The maximum atomic E-state index is 5.49. The highest BCUT2D eigenvalue weighted by atomic mass is 16.4. The van der Waals surface area contributed by atoms with Crippen LogP contribution in [0.5, 0.6) is 0 Å². The van der Waals surface area contributed by atoms with E-state index in [0.717, 1.165) is 30.9 Å². The minimum atomic E-state index is 0.516. The first-order valence-corrected chi connectivity index (χ1v) is 7.11. The summed E-state index contributed by atoms with van der Waals surface area (Å²) in [6, 6.07) is 8.90. The molecule has 3 N–H and O–H groups in total. The molecule has 5 heteroatoms. The van der Waals surface area contributed by atoms with Gasteiger partial charge in [-0.1, -0.05) is 0 Å². The first kappa shape index (κ1) is 13.0. The van der Waals surface area contributed by atoms with E-state index in [0.29, 0.717) is 12.6 Å². The monoisotopic (exact) mass is 272 g/mol. The van der Waals surface area contributed by atoms with Gasteiger partial charge in [-0.25, -0.2) is 0 Å². The third kappa shape index (κ3) is 2.93. The van der Waals surface area contributed by atoms with Gasteiger partial charge in [0.25, 0.3) is 6.01 Å². The molecule has 20 heavy (non-hydrogen) atoms. The fourth-order valence-corrected chi connectivity index (χ4v) is 2.48. The van der Waals surface area contributed by atoms with Crippen LogP contribution in [0.1, 0.15) is 18.5 Å². The van der Waals surface area contributed by atoms with Gasteiger partial charge in [-0.3, -0.25) is 0 Å². The molecule has 0 unspecified atom stereocenters. The number of nitrogens with two attached hydrogens (primary N) is 1. The maximum Gasteiger partial charge on any atom is 0.299 e. The Labute approximate surface area is 118 Å². The van der Waals surface area contributed by atoms with Crippen LogP contribution in [-0.4, -0.2) is 24.6 Å². The predicted molar refractivity (Wildman–Crippen MR) is 80.4 cm³/mol. The second-order valence-corrected chi connectivity index (χ2v) is 5.05. The van der Waals surface area contributed by atoms with Gasteiger partial charge in [-0.05, 0) is 43.7 Å². The number of nitrogens with zero attached hydrogens (tertiary/aromatic N) is 2. The van der Waals surface area contributed by atoms with Crippen molar-refractivity contribution in [3.05, 3.63) is 36.2 Å². The molecule has 1 saturated heterocycles. The van der Waals surface area contributed by atoms with E-state index in [1.165, 1.54) is 18.5 Å². The molecule has 0 aliphatic carbocycles. The van der Waals surface area contributed by atoms with E-state index in [1.54, 1.807) is 6.26 Å². The van der Waals surface area contributed by atoms with Crippen LogP contribution in [0, 0.1) is 0 Å². The molecule has 3 rings (SSSR count). The van der Waals surface area contributed by atoms with E-state index in [1.807, 2.05) is 0 Å². The second kappa shape index (κ2) is 5.96. The van der Waals surface area contributed by atoms with Crippen LogP contribution in [0.25, 0.3) is 0 Å². The average molecular weight is 272 g/mol. The van der Waals surface area contributed by atoms with E-state index in [2.05, 4.69) is 39.5 Å². The normalized spacial score (nSPS) is 14.8. The molecule has 0 amide bonds. The summed E-state index contributed by atoms with van der Waals surface area (Å²) in [5.74, 6) is 0. The van der Waals surface area contributed by atoms with Crippen molar-refractivity contribution in [2.75, 3.05) is 29.9 Å². The summed E-state index contributed by atoms with van der Waals surface area (Å²) in [6.45, 7) is 2.90. The van der Waals surface area contributed by atoms with Gasteiger partial charge < -0.3 is 20.4 Å². The molecular weight excluding hydrogens is 252 g/mol. The Balaban J connectivity index is 1.64. The highest BCUT2D eigenvalue weighted by Crippen LogP contribution is 2.23. The molecule has 1 aromatic heterocycles. The van der Waals surface area contributed by atoms with Crippen molar-refractivity contribution in [2.45, 2.75) is 19.3 Å². The van der Waals surface area contributed by atoms with Gasteiger partial charge >= 0.3 is 0 Å². The predicted octanol–water partition coefficient (Wildman–Crippen LogP) is 2.52. The van der Waals surface area contributed by atoms with Crippen LogP contribution in [0.15, 0.2) is 34.9 Å². The lowest BCUT2D eigenvalue weighted by Gasteiger charge is -2.17. The zero-order chi connectivity index (χ0) is 13.8. The number of aromatic nitrogens is 1. The molecule has 1 aromatic carbocycles. The summed E-state index contributed by atoms with van der Waals surface area (Å²) in [4.78, 5) is 6.74. The third-order valence-corrected chi connectivity index (χ3v) is 3.54. The van der Waals surface area contributed by atoms with E-state index < -0.39 is 0 Å². The SMILES string of the molecule is NCCc1coc(Nc2ccc(N3CCCC3)cc2)n1. The molecule has 0 saturated carbocycles. The maximum absolute atomic E-state index is 5.49. The second-order valence-electron chi connectivity index (χ2n) is 5.05. The van der Waals surface area contributed by atoms with Crippen molar-refractivity contribution in [3.8, 4) is 0 Å². The number of anilines is 3. The van der Waals surface area contributed by atoms with E-state index >= 15 is 0 Å². The van der Waals surface area contributed by atoms with Gasteiger partial charge in [0.05, 0.1) is 5.69 Å². The van der Waals surface area contributed by atoms with Crippen LogP contribution >= 0.6 is 0 Å². The molecule has 1 fully saturated rings. The van der Waals surface area contributed by atoms with Gasteiger partial charge in [0.2, 0.25) is 0 Å². The molecule has 5 nitrogen and oxygen atoms in total. The van der Waals surface area contributed by atoms with Crippen molar-refractivity contribution in [2.24, 2.45) is 5.73 Å². The molecule has 0 atom stereocenters. The fourth-order valence-electron chi connectivity index (χ4n) is 2.48. The van der Waals surface area contributed by atoms with Gasteiger partial charge in [0, 0.05) is 30.9 Å². The zero-order valence-corrected chi connectivity index (χ0v) is 11.5. The molecular formula is C15H20N4O. The highest BCUT2D eigenvalue weighted by molar-refractivity contribution is 5.59. The van der Waals surface area contributed by atoms with Gasteiger partial charge in [-0.2, -0.15) is 4.98 Å². The van der Waals surface area contributed by atoms with Gasteiger partial charge in [0.15, 0.2) is 0 Å². The summed E-state index contributed by atoms with van der Waals surface area (Å²) in [7, 11) is 0. The van der Waals surface area contributed by atoms with Crippen molar-refractivity contribution in [1.29, 1.82) is 0 Å². The average Bonchev–Trinajstić information content (AvgIpc) is 3.12. The standard InChI is InChI=1S/C15H20N4O/c16-8-7-13-11-20-15(18-13)17-12-3-5-14(6-4-12)19-9-1-2-10-19/h3-6,11H,1-2,7-10,16H2,(H,17,18). The molecule has 0 radical (unpaired) electrons. The Hall–Kier alpha value is -2.01. The minimum absolute atomic E-state index is 0.516. The lowest BCUT2D eigenvalue weighted by Crippen LogP contribution is -2.17. The Bertz CT molecular complexity index is 543. The van der Waals surface area contributed by atoms with Gasteiger partial charge in [0.1, 0.15) is 6.26 Å². The summed E-state index contributed by atoms with van der Waals surface area (Å²) >= 11 is 0. The molecule has 106 valence electrons. The Kier molecular flexibility index (Phi) is 3.87. The van der Waals surface area contributed by atoms with E-state index in [-0.39, 0.29) is 0 Å². The molecule has 2 heterocycles. The number of rotatable bonds is 5. The molecule has 1 aliphatic rings. The van der Waals surface area contributed by atoms with Crippen LogP contribution < -0.4 is 16.0 Å². The van der Waals surface area contributed by atoms with Crippen LogP contribution in [0.2, 0.25) is 0 Å². The summed E-state index contributed by atoms with van der Waals surface area (Å²) < 4.78 is 5.36. The zero-order valence-electron chi connectivity index (χ0n) is 11.5. The van der Waals surface area contributed by atoms with Crippen LogP contribution in [0.3, 0.4) is 0 Å². The Morgan fingerprint density at radius 2 is 1.95 bits per heavy atom. The molecule has 2 aromatic rings. The topological polar surface area (TPSA) is 67.3 Å². The van der Waals surface area contributed by atoms with Crippen LogP contribution in [-0.2, 0) is 6.42 Å². The number of oxazole rings is 1. The quantitative estimate of drug-likeness (QED) is 0.875. The Morgan fingerprint density at radius 3 is 2.65 bits per heavy atom. The lowest BCUT2D eigenvalue weighted by atomic mass is 10.2. The number of benzene rings is 1. The number of hydrogen-bond donors (Lipinski definition) is 2. The van der Waals surface area contributed by atoms with Crippen LogP contribution in [0.4, 0.5) is 17.4 Å². The number of nitrogens with one attached hydrogen (secondary N) is 1. The summed E-state index contributed by atoms with van der Waals surface area (Å²) in [5.41, 5.74) is 8.63. The minimum Gasteiger partial charge on any atom is -0.432 e. The highest BCUT2D eigenvalue weighted by Gasteiger charge is 2.12. The molecule has 0 bridgehead atoms. The lowest BCUT2D eigenvalue weighted by molar-refractivity contribution is 0.575. The first-order chi connectivity index (χ1) is 9.85. The summed E-state index contributed by atoms with van der Waals surface area (Å²) in [6.07, 6.45) is 4.97. The molecule has 0 spiro atoms. The van der Waals surface area contributed by atoms with Crippen molar-refractivity contribution >= 4 is 17.4 Å². The van der Waals surface area contributed by atoms with E-state index in [9.17, 15) is 0 Å².